The molecule has 0 aliphatic carbocycles. The lowest BCUT2D eigenvalue weighted by molar-refractivity contribution is -0.139. The number of carboxylic acid groups (broad SMARTS) is 1. The molecular weight excluding hydrogens is 264 g/mol. The summed E-state index contributed by atoms with van der Waals surface area (Å²) in [6.07, 6.45) is 2.70. The molecule has 1 fully saturated rings. The number of hydrogen-bond acceptors (Lipinski definition) is 3. The first-order valence-corrected chi connectivity index (χ1v) is 7.72. The number of rotatable bonds is 6. The summed E-state index contributed by atoms with van der Waals surface area (Å²) in [6.45, 7) is 6.59. The van der Waals surface area contributed by atoms with Crippen LogP contribution in [0.1, 0.15) is 40.0 Å². The predicted octanol–water partition coefficient (Wildman–Crippen LogP) is 2.07. The first kappa shape index (κ1) is 16.1. The highest BCUT2D eigenvalue weighted by molar-refractivity contribution is 8.00. The topological polar surface area (TPSA) is 78.4 Å². The first-order chi connectivity index (χ1) is 8.82. The second kappa shape index (κ2) is 7.03. The van der Waals surface area contributed by atoms with Crippen molar-refractivity contribution in [1.82, 2.24) is 10.6 Å². The zero-order chi connectivity index (χ0) is 14.5. The van der Waals surface area contributed by atoms with E-state index in [1.54, 1.807) is 0 Å². The zero-order valence-corrected chi connectivity index (χ0v) is 12.7. The van der Waals surface area contributed by atoms with E-state index in [0.717, 1.165) is 12.2 Å². The maximum absolute atomic E-state index is 11.7. The van der Waals surface area contributed by atoms with E-state index in [1.807, 2.05) is 25.6 Å². The van der Waals surface area contributed by atoms with Gasteiger partial charge in [-0.1, -0.05) is 13.8 Å². The van der Waals surface area contributed by atoms with E-state index in [9.17, 15) is 9.59 Å². The molecule has 1 aliphatic rings. The standard InChI is InChI=1S/C13H24N2O3S/c1-9(2)7-10(11(16)17)15-12(18)14-8-13(3)5-4-6-19-13/h9-10H,4-8H2,1-3H3,(H,16,17)(H2,14,15,18). The van der Waals surface area contributed by atoms with Gasteiger partial charge in [0.2, 0.25) is 0 Å². The normalized spacial score (nSPS) is 24.2. The molecule has 1 saturated heterocycles. The average Bonchev–Trinajstić information content (AvgIpc) is 2.73. The predicted molar refractivity (Wildman–Crippen MR) is 77.5 cm³/mol. The molecule has 0 radical (unpaired) electrons. The van der Waals surface area contributed by atoms with Gasteiger partial charge in [-0.2, -0.15) is 11.8 Å². The molecule has 1 heterocycles. The quantitative estimate of drug-likeness (QED) is 0.699. The molecule has 1 aliphatic heterocycles. The molecular formula is C13H24N2O3S. The number of carbonyl (C=O) groups excluding carboxylic acids is 1. The van der Waals surface area contributed by atoms with Crippen LogP contribution in [0.15, 0.2) is 0 Å². The van der Waals surface area contributed by atoms with Crippen molar-refractivity contribution in [2.75, 3.05) is 12.3 Å². The number of nitrogens with one attached hydrogen (secondary N) is 2. The van der Waals surface area contributed by atoms with Crippen LogP contribution in [0.5, 0.6) is 0 Å². The molecule has 5 nitrogen and oxygen atoms in total. The highest BCUT2D eigenvalue weighted by atomic mass is 32.2. The van der Waals surface area contributed by atoms with Crippen molar-refractivity contribution >= 4 is 23.8 Å². The number of hydrogen-bond donors (Lipinski definition) is 3. The third-order valence-corrected chi connectivity index (χ3v) is 4.77. The lowest BCUT2D eigenvalue weighted by atomic mass is 10.0. The fraction of sp³-hybridized carbons (Fsp3) is 0.846. The van der Waals surface area contributed by atoms with Crippen LogP contribution >= 0.6 is 11.8 Å². The van der Waals surface area contributed by atoms with Crippen LogP contribution in [0, 0.1) is 5.92 Å². The fourth-order valence-electron chi connectivity index (χ4n) is 2.15. The summed E-state index contributed by atoms with van der Waals surface area (Å²) in [5.41, 5.74) is 0. The molecule has 3 N–H and O–H groups in total. The highest BCUT2D eigenvalue weighted by Gasteiger charge is 2.30. The van der Waals surface area contributed by atoms with Crippen LogP contribution in [-0.4, -0.2) is 40.2 Å². The smallest absolute Gasteiger partial charge is 0.326 e. The molecule has 2 amide bonds. The van der Waals surface area contributed by atoms with Crippen molar-refractivity contribution in [3.63, 3.8) is 0 Å². The van der Waals surface area contributed by atoms with Gasteiger partial charge >= 0.3 is 12.0 Å². The Morgan fingerprint density at radius 1 is 1.42 bits per heavy atom. The summed E-state index contributed by atoms with van der Waals surface area (Å²) in [4.78, 5) is 22.8. The maximum atomic E-state index is 11.7. The lowest BCUT2D eigenvalue weighted by Gasteiger charge is -2.24. The largest absolute Gasteiger partial charge is 0.480 e. The van der Waals surface area contributed by atoms with Gasteiger partial charge in [0, 0.05) is 11.3 Å². The van der Waals surface area contributed by atoms with Gasteiger partial charge < -0.3 is 15.7 Å². The van der Waals surface area contributed by atoms with E-state index in [-0.39, 0.29) is 16.7 Å². The van der Waals surface area contributed by atoms with E-state index in [4.69, 9.17) is 5.11 Å². The monoisotopic (exact) mass is 288 g/mol. The van der Waals surface area contributed by atoms with Crippen LogP contribution in [0.25, 0.3) is 0 Å². The molecule has 0 aromatic rings. The summed E-state index contributed by atoms with van der Waals surface area (Å²) in [7, 11) is 0. The number of amides is 2. The molecule has 0 bridgehead atoms. The fourth-order valence-corrected chi connectivity index (χ4v) is 3.39. The van der Waals surface area contributed by atoms with Crippen molar-refractivity contribution in [1.29, 1.82) is 0 Å². The number of carboxylic acids is 1. The Labute approximate surface area is 118 Å². The number of carbonyl (C=O) groups is 2. The Bertz CT molecular complexity index is 328. The molecule has 0 spiro atoms. The second-order valence-corrected chi connectivity index (χ2v) is 7.43. The second-order valence-electron chi connectivity index (χ2n) is 5.75. The summed E-state index contributed by atoms with van der Waals surface area (Å²) >= 11 is 1.86. The number of urea groups is 1. The van der Waals surface area contributed by atoms with Crippen LogP contribution in [0.3, 0.4) is 0 Å². The maximum Gasteiger partial charge on any atom is 0.326 e. The van der Waals surface area contributed by atoms with Crippen LogP contribution in [-0.2, 0) is 4.79 Å². The molecule has 110 valence electrons. The summed E-state index contributed by atoms with van der Waals surface area (Å²) in [5.74, 6) is 0.375. The third kappa shape index (κ3) is 5.72. The van der Waals surface area contributed by atoms with Crippen LogP contribution < -0.4 is 10.6 Å². The van der Waals surface area contributed by atoms with E-state index in [1.165, 1.54) is 6.42 Å². The van der Waals surface area contributed by atoms with Crippen molar-refractivity contribution in [2.45, 2.75) is 50.8 Å². The van der Waals surface area contributed by atoms with Gasteiger partial charge in [-0.3, -0.25) is 0 Å². The van der Waals surface area contributed by atoms with Gasteiger partial charge in [-0.25, -0.2) is 9.59 Å². The summed E-state index contributed by atoms with van der Waals surface area (Å²) in [5, 5.41) is 14.4. The molecule has 0 aromatic heterocycles. The van der Waals surface area contributed by atoms with E-state index < -0.39 is 12.0 Å². The van der Waals surface area contributed by atoms with Crippen LogP contribution in [0.2, 0.25) is 0 Å². The van der Waals surface area contributed by atoms with Gasteiger partial charge in [0.15, 0.2) is 0 Å². The molecule has 2 atom stereocenters. The molecule has 19 heavy (non-hydrogen) atoms. The van der Waals surface area contributed by atoms with Gasteiger partial charge in [0.1, 0.15) is 6.04 Å². The third-order valence-electron chi connectivity index (χ3n) is 3.23. The van der Waals surface area contributed by atoms with Crippen LogP contribution in [0.4, 0.5) is 4.79 Å². The minimum Gasteiger partial charge on any atom is -0.480 e. The zero-order valence-electron chi connectivity index (χ0n) is 11.9. The molecule has 6 heteroatoms. The van der Waals surface area contributed by atoms with Crippen molar-refractivity contribution in [3.05, 3.63) is 0 Å². The minimum absolute atomic E-state index is 0.0914. The molecule has 0 aromatic carbocycles. The molecule has 2 unspecified atom stereocenters. The van der Waals surface area contributed by atoms with E-state index in [2.05, 4.69) is 17.6 Å². The Hall–Kier alpha value is -0.910. The van der Waals surface area contributed by atoms with Gasteiger partial charge in [0.25, 0.3) is 0 Å². The van der Waals surface area contributed by atoms with Gasteiger partial charge in [-0.05, 0) is 37.9 Å². The lowest BCUT2D eigenvalue weighted by Crippen LogP contribution is -2.49. The highest BCUT2D eigenvalue weighted by Crippen LogP contribution is 2.36. The minimum atomic E-state index is -0.981. The number of aliphatic carboxylic acids is 1. The Morgan fingerprint density at radius 2 is 2.11 bits per heavy atom. The van der Waals surface area contributed by atoms with Crippen molar-refractivity contribution in [3.8, 4) is 0 Å². The molecule has 1 rings (SSSR count). The average molecular weight is 288 g/mol. The van der Waals surface area contributed by atoms with Crippen molar-refractivity contribution < 1.29 is 14.7 Å². The Kier molecular flexibility index (Phi) is 5.97. The summed E-state index contributed by atoms with van der Waals surface area (Å²) < 4.78 is 0.0914. The van der Waals surface area contributed by atoms with Crippen molar-refractivity contribution in [2.24, 2.45) is 5.92 Å². The van der Waals surface area contributed by atoms with E-state index in [0.29, 0.717) is 13.0 Å². The SMILES string of the molecule is CC(C)CC(NC(=O)NCC1(C)CCCS1)C(=O)O. The number of thioether (sulfide) groups is 1. The van der Waals surface area contributed by atoms with Gasteiger partial charge in [-0.15, -0.1) is 0 Å². The Morgan fingerprint density at radius 3 is 2.58 bits per heavy atom. The first-order valence-electron chi connectivity index (χ1n) is 6.73. The molecule has 0 saturated carbocycles. The van der Waals surface area contributed by atoms with Gasteiger partial charge in [0.05, 0.1) is 0 Å². The summed E-state index contributed by atoms with van der Waals surface area (Å²) in [6, 6.07) is -1.20. The Balaban J connectivity index is 2.38. The van der Waals surface area contributed by atoms with E-state index >= 15 is 0 Å².